The van der Waals surface area contributed by atoms with Gasteiger partial charge in [-0.3, -0.25) is 0 Å². The van der Waals surface area contributed by atoms with Gasteiger partial charge in [0.15, 0.2) is 0 Å². The third-order valence-corrected chi connectivity index (χ3v) is 6.07. The van der Waals surface area contributed by atoms with Gasteiger partial charge in [-0.1, -0.05) is 5.16 Å². The highest BCUT2D eigenvalue weighted by atomic mass is 32.2. The second-order valence-corrected chi connectivity index (χ2v) is 7.68. The molecule has 0 amide bonds. The van der Waals surface area contributed by atoms with Crippen LogP contribution in [-0.4, -0.2) is 39.6 Å². The van der Waals surface area contributed by atoms with Crippen LogP contribution in [0, 0.1) is 5.82 Å². The zero-order valence-corrected chi connectivity index (χ0v) is 14.3. The summed E-state index contributed by atoms with van der Waals surface area (Å²) in [6.07, 6.45) is 2.74. The van der Waals surface area contributed by atoms with Crippen LogP contribution in [-0.2, 0) is 10.0 Å². The molecule has 0 N–H and O–H groups in total. The Bertz CT molecular complexity index is 1010. The monoisotopic (exact) mass is 375 g/mol. The second-order valence-electron chi connectivity index (χ2n) is 5.79. The van der Waals surface area contributed by atoms with E-state index in [9.17, 15) is 12.8 Å². The number of aromatic nitrogens is 4. The predicted octanol–water partition coefficient (Wildman–Crippen LogP) is 2.19. The fourth-order valence-electron chi connectivity index (χ4n) is 2.91. The molecule has 1 aromatic carbocycles. The quantitative estimate of drug-likeness (QED) is 0.689. The summed E-state index contributed by atoms with van der Waals surface area (Å²) >= 11 is 0. The van der Waals surface area contributed by atoms with E-state index in [4.69, 9.17) is 4.52 Å². The summed E-state index contributed by atoms with van der Waals surface area (Å²) in [6, 6.07) is 7.55. The van der Waals surface area contributed by atoms with Crippen LogP contribution in [0.2, 0.25) is 0 Å². The van der Waals surface area contributed by atoms with Crippen molar-refractivity contribution in [2.45, 2.75) is 23.8 Å². The number of benzene rings is 1. The Kier molecular flexibility index (Phi) is 4.21. The predicted molar refractivity (Wildman–Crippen MR) is 87.6 cm³/mol. The first-order valence-electron chi connectivity index (χ1n) is 7.95. The third kappa shape index (κ3) is 2.97. The molecule has 0 radical (unpaired) electrons. The topological polar surface area (TPSA) is 102 Å². The zero-order valence-electron chi connectivity index (χ0n) is 13.5. The molecule has 0 unspecified atom stereocenters. The highest BCUT2D eigenvalue weighted by Gasteiger charge is 2.39. The molecule has 4 rings (SSSR count). The molecule has 1 atom stereocenters. The molecule has 0 aliphatic carbocycles. The van der Waals surface area contributed by atoms with Crippen LogP contribution in [0.25, 0.3) is 11.5 Å². The maximum absolute atomic E-state index is 13.1. The van der Waals surface area contributed by atoms with Crippen LogP contribution < -0.4 is 0 Å². The molecule has 10 heteroatoms. The largest absolute Gasteiger partial charge is 0.337 e. The molecule has 1 fully saturated rings. The summed E-state index contributed by atoms with van der Waals surface area (Å²) in [5.74, 6) is -0.0413. The molecule has 1 aliphatic rings. The van der Waals surface area contributed by atoms with Crippen molar-refractivity contribution in [2.75, 3.05) is 6.54 Å². The first kappa shape index (κ1) is 16.7. The molecular formula is C16H14FN5O3S. The summed E-state index contributed by atoms with van der Waals surface area (Å²) in [7, 11) is -3.80. The molecule has 134 valence electrons. The summed E-state index contributed by atoms with van der Waals surface area (Å²) < 4.78 is 45.5. The first-order valence-corrected chi connectivity index (χ1v) is 9.39. The van der Waals surface area contributed by atoms with E-state index in [-0.39, 0.29) is 16.6 Å². The summed E-state index contributed by atoms with van der Waals surface area (Å²) in [6.45, 7) is 0.327. The van der Waals surface area contributed by atoms with Gasteiger partial charge in [-0.2, -0.15) is 14.4 Å². The lowest BCUT2D eigenvalue weighted by atomic mass is 10.2. The SMILES string of the molecule is O=S(=O)(c1ccc(F)cc1)N1CCC[C@H]1c1nc(-c2cccnn2)no1. The number of hydrogen-bond acceptors (Lipinski definition) is 7. The molecule has 8 nitrogen and oxygen atoms in total. The lowest BCUT2D eigenvalue weighted by molar-refractivity contribution is 0.290. The number of hydrogen-bond donors (Lipinski definition) is 0. The molecule has 0 spiro atoms. The fourth-order valence-corrected chi connectivity index (χ4v) is 4.56. The Balaban J connectivity index is 1.65. The van der Waals surface area contributed by atoms with Gasteiger partial charge < -0.3 is 4.52 Å². The van der Waals surface area contributed by atoms with Crippen LogP contribution in [0.5, 0.6) is 0 Å². The van der Waals surface area contributed by atoms with E-state index in [1.165, 1.54) is 22.6 Å². The lowest BCUT2D eigenvalue weighted by Crippen LogP contribution is -2.30. The van der Waals surface area contributed by atoms with Crippen LogP contribution in [0.3, 0.4) is 0 Å². The second kappa shape index (κ2) is 6.54. The van der Waals surface area contributed by atoms with E-state index in [0.29, 0.717) is 25.1 Å². The Hall–Kier alpha value is -2.72. The van der Waals surface area contributed by atoms with Crippen LogP contribution >= 0.6 is 0 Å². The molecule has 1 saturated heterocycles. The smallest absolute Gasteiger partial charge is 0.245 e. The van der Waals surface area contributed by atoms with Gasteiger partial charge in [0.25, 0.3) is 0 Å². The van der Waals surface area contributed by atoms with Gasteiger partial charge in [-0.15, -0.1) is 5.10 Å². The van der Waals surface area contributed by atoms with E-state index in [0.717, 1.165) is 12.1 Å². The van der Waals surface area contributed by atoms with Crippen LogP contribution in [0.15, 0.2) is 52.0 Å². The first-order chi connectivity index (χ1) is 12.6. The summed E-state index contributed by atoms with van der Waals surface area (Å²) in [5, 5.41) is 11.5. The summed E-state index contributed by atoms with van der Waals surface area (Å²) in [4.78, 5) is 4.31. The molecule has 0 saturated carbocycles. The van der Waals surface area contributed by atoms with Gasteiger partial charge in [0, 0.05) is 12.7 Å². The maximum atomic E-state index is 13.1. The standard InChI is InChI=1S/C16H14FN5O3S/c17-11-5-7-12(8-6-11)26(23,24)22-10-2-4-14(22)16-19-15(21-25-16)13-3-1-9-18-20-13/h1,3,5-9,14H,2,4,10H2/t14-/m0/s1. The van der Waals surface area contributed by atoms with E-state index in [1.54, 1.807) is 12.1 Å². The van der Waals surface area contributed by atoms with Crippen molar-refractivity contribution in [2.24, 2.45) is 0 Å². The average molecular weight is 375 g/mol. The number of rotatable bonds is 4. The molecule has 3 heterocycles. The van der Waals surface area contributed by atoms with Crippen molar-refractivity contribution in [3.05, 3.63) is 54.3 Å². The van der Waals surface area contributed by atoms with Gasteiger partial charge in [0.05, 0.1) is 4.90 Å². The fraction of sp³-hybridized carbons (Fsp3) is 0.250. The van der Waals surface area contributed by atoms with Crippen molar-refractivity contribution in [3.63, 3.8) is 0 Å². The Morgan fingerprint density at radius 3 is 2.73 bits per heavy atom. The molecule has 26 heavy (non-hydrogen) atoms. The minimum absolute atomic E-state index is 0.0273. The van der Waals surface area contributed by atoms with Crippen molar-refractivity contribution in [3.8, 4) is 11.5 Å². The van der Waals surface area contributed by atoms with E-state index >= 15 is 0 Å². The van der Waals surface area contributed by atoms with Gasteiger partial charge in [-0.25, -0.2) is 12.8 Å². The lowest BCUT2D eigenvalue weighted by Gasteiger charge is -2.21. The van der Waals surface area contributed by atoms with Gasteiger partial charge in [0.2, 0.25) is 21.7 Å². The maximum Gasteiger partial charge on any atom is 0.245 e. The number of sulfonamides is 1. The van der Waals surface area contributed by atoms with Gasteiger partial charge in [0.1, 0.15) is 17.6 Å². The van der Waals surface area contributed by atoms with Gasteiger partial charge in [-0.05, 0) is 49.2 Å². The molecule has 2 aromatic heterocycles. The number of nitrogens with zero attached hydrogens (tertiary/aromatic N) is 5. The normalized spacial score (nSPS) is 18.3. The average Bonchev–Trinajstić information content (AvgIpc) is 3.32. The Labute approximate surface area is 148 Å². The molecule has 1 aliphatic heterocycles. The van der Waals surface area contributed by atoms with Crippen molar-refractivity contribution < 1.29 is 17.3 Å². The third-order valence-electron chi connectivity index (χ3n) is 4.15. The Morgan fingerprint density at radius 1 is 1.19 bits per heavy atom. The minimum Gasteiger partial charge on any atom is -0.337 e. The van der Waals surface area contributed by atoms with Crippen molar-refractivity contribution in [1.29, 1.82) is 0 Å². The van der Waals surface area contributed by atoms with Crippen LogP contribution in [0.4, 0.5) is 4.39 Å². The summed E-state index contributed by atoms with van der Waals surface area (Å²) in [5.41, 5.74) is 0.438. The van der Waals surface area contributed by atoms with E-state index in [2.05, 4.69) is 20.3 Å². The molecular weight excluding hydrogens is 361 g/mol. The Morgan fingerprint density at radius 2 is 2.00 bits per heavy atom. The number of halogens is 1. The van der Waals surface area contributed by atoms with Crippen LogP contribution in [0.1, 0.15) is 24.8 Å². The molecule has 0 bridgehead atoms. The van der Waals surface area contributed by atoms with Crippen molar-refractivity contribution >= 4 is 10.0 Å². The highest BCUT2D eigenvalue weighted by molar-refractivity contribution is 7.89. The molecule has 3 aromatic rings. The van der Waals surface area contributed by atoms with Crippen molar-refractivity contribution in [1.82, 2.24) is 24.6 Å². The van der Waals surface area contributed by atoms with E-state index in [1.807, 2.05) is 0 Å². The minimum atomic E-state index is -3.80. The zero-order chi connectivity index (χ0) is 18.1. The van der Waals surface area contributed by atoms with Gasteiger partial charge >= 0.3 is 0 Å². The van der Waals surface area contributed by atoms with E-state index < -0.39 is 21.9 Å². The highest BCUT2D eigenvalue weighted by Crippen LogP contribution is 2.36.